The zero-order valence-corrected chi connectivity index (χ0v) is 11.5. The third kappa shape index (κ3) is 2.42. The van der Waals surface area contributed by atoms with Gasteiger partial charge in [0.1, 0.15) is 0 Å². The van der Waals surface area contributed by atoms with Gasteiger partial charge in [-0.1, -0.05) is 11.6 Å². The molecule has 5 heteroatoms. The van der Waals surface area contributed by atoms with Crippen LogP contribution >= 0.6 is 22.9 Å². The van der Waals surface area contributed by atoms with Gasteiger partial charge >= 0.3 is 0 Å². The third-order valence-corrected chi connectivity index (χ3v) is 4.33. The zero-order valence-electron chi connectivity index (χ0n) is 9.95. The summed E-state index contributed by atoms with van der Waals surface area (Å²) in [5.41, 5.74) is 2.79. The molecule has 2 heterocycles. The number of nitrogens with zero attached hydrogens (tertiary/aromatic N) is 2. The first kappa shape index (κ1) is 12.3. The van der Waals surface area contributed by atoms with Crippen LogP contribution in [0.5, 0.6) is 0 Å². The average molecular weight is 269 g/mol. The Morgan fingerprint density at radius 2 is 2.24 bits per heavy atom. The molecule has 0 atom stereocenters. The molecule has 3 nitrogen and oxygen atoms in total. The van der Waals surface area contributed by atoms with Crippen molar-refractivity contribution >= 4 is 28.7 Å². The molecule has 2 rings (SSSR count). The van der Waals surface area contributed by atoms with E-state index in [0.29, 0.717) is 16.3 Å². The van der Waals surface area contributed by atoms with Crippen molar-refractivity contribution < 1.29 is 4.79 Å². The van der Waals surface area contributed by atoms with Crippen LogP contribution in [0.1, 0.15) is 26.6 Å². The molecule has 0 saturated heterocycles. The van der Waals surface area contributed by atoms with Crippen LogP contribution in [-0.2, 0) is 13.5 Å². The maximum atomic E-state index is 12.1. The van der Waals surface area contributed by atoms with Crippen LogP contribution in [0.2, 0.25) is 5.02 Å². The zero-order chi connectivity index (χ0) is 12.6. The Bertz CT molecular complexity index is 571. The minimum atomic E-state index is 0.0519. The molecule has 2 aromatic heterocycles. The normalized spacial score (nSPS) is 10.8. The average Bonchev–Trinajstić information content (AvgIpc) is 2.73. The van der Waals surface area contributed by atoms with Crippen LogP contribution in [-0.4, -0.2) is 15.6 Å². The van der Waals surface area contributed by atoms with Crippen molar-refractivity contribution in [3.63, 3.8) is 0 Å². The van der Waals surface area contributed by atoms with E-state index in [9.17, 15) is 4.79 Å². The standard InChI is InChI=1S/C12H13ClN2OS/c1-7-6-17-12(11(7)13)10(16)5-9-4-8(2)14-15(9)3/h4,6H,5H2,1-3H3. The highest BCUT2D eigenvalue weighted by atomic mass is 35.5. The largest absolute Gasteiger partial charge is 0.293 e. The summed E-state index contributed by atoms with van der Waals surface area (Å²) in [6.45, 7) is 3.82. The number of hydrogen-bond acceptors (Lipinski definition) is 3. The van der Waals surface area contributed by atoms with Crippen LogP contribution in [0, 0.1) is 13.8 Å². The Labute approximate surface area is 109 Å². The fourth-order valence-corrected chi connectivity index (χ4v) is 2.93. The molecule has 0 bridgehead atoms. The summed E-state index contributed by atoms with van der Waals surface area (Å²) in [5.74, 6) is 0.0519. The Morgan fingerprint density at radius 1 is 1.53 bits per heavy atom. The van der Waals surface area contributed by atoms with E-state index in [1.54, 1.807) is 4.68 Å². The second-order valence-corrected chi connectivity index (χ2v) is 5.32. The molecule has 0 radical (unpaired) electrons. The Hall–Kier alpha value is -1.13. The molecule has 90 valence electrons. The van der Waals surface area contributed by atoms with Gasteiger partial charge in [0.25, 0.3) is 0 Å². The van der Waals surface area contributed by atoms with Gasteiger partial charge in [-0.15, -0.1) is 11.3 Å². The lowest BCUT2D eigenvalue weighted by Gasteiger charge is -2.00. The number of thiophene rings is 1. The van der Waals surface area contributed by atoms with Crippen molar-refractivity contribution in [1.29, 1.82) is 0 Å². The highest BCUT2D eigenvalue weighted by Crippen LogP contribution is 2.28. The number of halogens is 1. The Balaban J connectivity index is 2.23. The smallest absolute Gasteiger partial charge is 0.180 e. The Morgan fingerprint density at radius 3 is 2.71 bits per heavy atom. The van der Waals surface area contributed by atoms with Gasteiger partial charge in [0.05, 0.1) is 22.0 Å². The lowest BCUT2D eigenvalue weighted by Crippen LogP contribution is -2.06. The fourth-order valence-electron chi connectivity index (χ4n) is 1.69. The summed E-state index contributed by atoms with van der Waals surface area (Å²) < 4.78 is 1.74. The van der Waals surface area contributed by atoms with E-state index in [0.717, 1.165) is 17.0 Å². The minimum Gasteiger partial charge on any atom is -0.293 e. The molecular formula is C12H13ClN2OS. The van der Waals surface area contributed by atoms with E-state index in [1.807, 2.05) is 32.3 Å². The van der Waals surface area contributed by atoms with Crippen molar-refractivity contribution in [2.45, 2.75) is 20.3 Å². The molecule has 0 saturated carbocycles. The molecule has 0 aromatic carbocycles. The molecule has 17 heavy (non-hydrogen) atoms. The SMILES string of the molecule is Cc1cc(CC(=O)c2scc(C)c2Cl)n(C)n1. The number of hydrogen-bond donors (Lipinski definition) is 0. The van der Waals surface area contributed by atoms with E-state index < -0.39 is 0 Å². The van der Waals surface area contributed by atoms with Gasteiger partial charge in [0.2, 0.25) is 0 Å². The number of carbonyl (C=O) groups is 1. The summed E-state index contributed by atoms with van der Waals surface area (Å²) in [5, 5.41) is 6.71. The molecule has 0 unspecified atom stereocenters. The molecule has 0 aliphatic rings. The summed E-state index contributed by atoms with van der Waals surface area (Å²) in [4.78, 5) is 12.7. The number of carbonyl (C=O) groups excluding carboxylic acids is 1. The van der Waals surface area contributed by atoms with Crippen molar-refractivity contribution in [2.75, 3.05) is 0 Å². The predicted octanol–water partition coefficient (Wildman–Crippen LogP) is 3.18. The fraction of sp³-hybridized carbons (Fsp3) is 0.333. The number of aromatic nitrogens is 2. The number of Topliss-reactive ketones (excluding diaryl/α,β-unsaturated/α-hetero) is 1. The second-order valence-electron chi connectivity index (χ2n) is 4.06. The lowest BCUT2D eigenvalue weighted by atomic mass is 10.1. The van der Waals surface area contributed by atoms with Gasteiger partial charge in [0, 0.05) is 12.7 Å². The summed E-state index contributed by atoms with van der Waals surface area (Å²) in [6.07, 6.45) is 0.344. The third-order valence-electron chi connectivity index (χ3n) is 2.59. The highest BCUT2D eigenvalue weighted by molar-refractivity contribution is 7.13. The summed E-state index contributed by atoms with van der Waals surface area (Å²) in [6, 6.07) is 1.92. The highest BCUT2D eigenvalue weighted by Gasteiger charge is 2.16. The van der Waals surface area contributed by atoms with Crippen LogP contribution in [0.25, 0.3) is 0 Å². The minimum absolute atomic E-state index is 0.0519. The van der Waals surface area contributed by atoms with E-state index >= 15 is 0 Å². The summed E-state index contributed by atoms with van der Waals surface area (Å²) >= 11 is 7.49. The van der Waals surface area contributed by atoms with E-state index in [4.69, 9.17) is 11.6 Å². The van der Waals surface area contributed by atoms with Crippen LogP contribution in [0.4, 0.5) is 0 Å². The molecule has 0 spiro atoms. The van der Waals surface area contributed by atoms with Crippen molar-refractivity contribution in [2.24, 2.45) is 7.05 Å². The molecule has 2 aromatic rings. The van der Waals surface area contributed by atoms with E-state index in [2.05, 4.69) is 5.10 Å². The number of aryl methyl sites for hydroxylation is 3. The van der Waals surface area contributed by atoms with Crippen molar-refractivity contribution in [3.05, 3.63) is 38.3 Å². The molecule has 0 amide bonds. The quantitative estimate of drug-likeness (QED) is 0.802. The van der Waals surface area contributed by atoms with Gasteiger partial charge < -0.3 is 0 Å². The number of rotatable bonds is 3. The molecule has 0 aliphatic carbocycles. The maximum absolute atomic E-state index is 12.1. The van der Waals surface area contributed by atoms with E-state index in [-0.39, 0.29) is 5.78 Å². The van der Waals surface area contributed by atoms with Gasteiger partial charge in [-0.3, -0.25) is 9.48 Å². The molecule has 0 N–H and O–H groups in total. The lowest BCUT2D eigenvalue weighted by molar-refractivity contribution is 0.0994. The van der Waals surface area contributed by atoms with E-state index in [1.165, 1.54) is 11.3 Å². The van der Waals surface area contributed by atoms with Crippen LogP contribution < -0.4 is 0 Å². The first-order chi connectivity index (χ1) is 7.99. The van der Waals surface area contributed by atoms with Crippen molar-refractivity contribution in [3.8, 4) is 0 Å². The first-order valence-corrected chi connectivity index (χ1v) is 6.51. The predicted molar refractivity (Wildman–Crippen MR) is 70.0 cm³/mol. The second kappa shape index (κ2) is 4.63. The topological polar surface area (TPSA) is 34.9 Å². The maximum Gasteiger partial charge on any atom is 0.180 e. The Kier molecular flexibility index (Phi) is 3.35. The van der Waals surface area contributed by atoms with Crippen LogP contribution in [0.3, 0.4) is 0 Å². The molecule has 0 fully saturated rings. The monoisotopic (exact) mass is 268 g/mol. The molecular weight excluding hydrogens is 256 g/mol. The molecule has 0 aliphatic heterocycles. The first-order valence-electron chi connectivity index (χ1n) is 5.25. The van der Waals surface area contributed by atoms with Gasteiger partial charge in [-0.05, 0) is 30.9 Å². The van der Waals surface area contributed by atoms with Gasteiger partial charge in [-0.2, -0.15) is 5.10 Å². The number of ketones is 1. The van der Waals surface area contributed by atoms with Gasteiger partial charge in [0.15, 0.2) is 5.78 Å². The summed E-state index contributed by atoms with van der Waals surface area (Å²) in [7, 11) is 1.84. The van der Waals surface area contributed by atoms with Crippen molar-refractivity contribution in [1.82, 2.24) is 9.78 Å². The van der Waals surface area contributed by atoms with Gasteiger partial charge in [-0.25, -0.2) is 0 Å². The van der Waals surface area contributed by atoms with Crippen LogP contribution in [0.15, 0.2) is 11.4 Å².